The Balaban J connectivity index is 1.48. The van der Waals surface area contributed by atoms with E-state index < -0.39 is 5.60 Å². The number of phenolic OH excluding ortho intramolecular Hbond substituents is 1. The Kier molecular flexibility index (Phi) is 4.77. The Morgan fingerprint density at radius 1 is 1.10 bits per heavy atom. The van der Waals surface area contributed by atoms with E-state index in [1.807, 2.05) is 45.0 Å². The minimum Gasteiger partial charge on any atom is -0.507 e. The van der Waals surface area contributed by atoms with Crippen molar-refractivity contribution >= 4 is 22.9 Å². The summed E-state index contributed by atoms with van der Waals surface area (Å²) in [4.78, 5) is 19.5. The molecule has 1 aliphatic rings. The second-order valence-corrected chi connectivity index (χ2v) is 8.16. The molecule has 0 bridgehead atoms. The number of aromatic amines is 1. The monoisotopic (exact) mass is 395 g/mol. The molecule has 0 unspecified atom stereocenters. The van der Waals surface area contributed by atoms with Gasteiger partial charge in [0.25, 0.3) is 0 Å². The predicted molar refractivity (Wildman–Crippen MR) is 111 cm³/mol. The van der Waals surface area contributed by atoms with Crippen molar-refractivity contribution in [2.75, 3.05) is 31.1 Å². The maximum absolute atomic E-state index is 12.2. The number of para-hydroxylation sites is 1. The summed E-state index contributed by atoms with van der Waals surface area (Å²) in [7, 11) is 0. The third kappa shape index (κ3) is 4.11. The smallest absolute Gasteiger partial charge is 0.410 e. The molecule has 0 saturated carbocycles. The van der Waals surface area contributed by atoms with Crippen molar-refractivity contribution in [1.82, 2.24) is 20.1 Å². The number of amides is 1. The van der Waals surface area contributed by atoms with Crippen molar-refractivity contribution in [3.63, 3.8) is 0 Å². The van der Waals surface area contributed by atoms with Gasteiger partial charge in [0.1, 0.15) is 17.2 Å². The molecule has 0 aliphatic carbocycles. The fourth-order valence-electron chi connectivity index (χ4n) is 3.37. The molecule has 2 aromatic heterocycles. The van der Waals surface area contributed by atoms with Crippen molar-refractivity contribution in [1.29, 1.82) is 0 Å². The van der Waals surface area contributed by atoms with Gasteiger partial charge in [-0.1, -0.05) is 12.1 Å². The third-order valence-electron chi connectivity index (χ3n) is 4.81. The normalized spacial score (nSPS) is 15.0. The van der Waals surface area contributed by atoms with Crippen molar-refractivity contribution in [2.24, 2.45) is 0 Å². The molecule has 2 N–H and O–H groups in total. The standard InChI is InChI=1S/C21H25N5O3/c1-21(2,3)29-20(28)26-10-8-25(9-11-26)18-13-14-12-16(23-24-19(14)22-18)15-6-4-5-7-17(15)27/h4-7,12-13,27H,8-11H2,1-3H3,(H,22,24). The minimum atomic E-state index is -0.491. The Bertz CT molecular complexity index is 1030. The Hall–Kier alpha value is -3.29. The fraction of sp³-hybridized carbons (Fsp3) is 0.381. The number of rotatable bonds is 2. The summed E-state index contributed by atoms with van der Waals surface area (Å²) >= 11 is 0. The van der Waals surface area contributed by atoms with Crippen molar-refractivity contribution in [2.45, 2.75) is 26.4 Å². The minimum absolute atomic E-state index is 0.176. The maximum atomic E-state index is 12.2. The van der Waals surface area contributed by atoms with Gasteiger partial charge in [0.05, 0.1) is 5.69 Å². The van der Waals surface area contributed by atoms with Crippen molar-refractivity contribution < 1.29 is 14.6 Å². The molecule has 1 amide bonds. The zero-order chi connectivity index (χ0) is 20.6. The number of nitrogens with one attached hydrogen (secondary N) is 1. The molecule has 3 heterocycles. The van der Waals surface area contributed by atoms with E-state index >= 15 is 0 Å². The van der Waals surface area contributed by atoms with Crippen LogP contribution in [0.5, 0.6) is 5.75 Å². The summed E-state index contributed by atoms with van der Waals surface area (Å²) in [6.45, 7) is 8.21. The summed E-state index contributed by atoms with van der Waals surface area (Å²) in [6.07, 6.45) is -0.271. The van der Waals surface area contributed by atoms with Gasteiger partial charge in [-0.2, -0.15) is 0 Å². The van der Waals surface area contributed by atoms with Crippen LogP contribution in [0.15, 0.2) is 36.4 Å². The molecular formula is C21H25N5O3. The Morgan fingerprint density at radius 2 is 1.83 bits per heavy atom. The van der Waals surface area contributed by atoms with Gasteiger partial charge in [-0.25, -0.2) is 4.79 Å². The van der Waals surface area contributed by atoms with E-state index in [0.29, 0.717) is 43.1 Å². The lowest BCUT2D eigenvalue weighted by atomic mass is 10.1. The van der Waals surface area contributed by atoms with E-state index in [2.05, 4.69) is 20.1 Å². The highest BCUT2D eigenvalue weighted by atomic mass is 16.6. The average Bonchev–Trinajstić information content (AvgIpc) is 3.10. The highest BCUT2D eigenvalue weighted by Crippen LogP contribution is 2.29. The average molecular weight is 395 g/mol. The van der Waals surface area contributed by atoms with Crippen LogP contribution < -0.4 is 4.90 Å². The van der Waals surface area contributed by atoms with Crippen LogP contribution in [-0.2, 0) is 4.74 Å². The number of hydrogen-bond acceptors (Lipinski definition) is 6. The van der Waals surface area contributed by atoms with Gasteiger partial charge in [-0.3, -0.25) is 0 Å². The topological polar surface area (TPSA) is 94.6 Å². The van der Waals surface area contributed by atoms with Gasteiger partial charge >= 0.3 is 6.09 Å². The van der Waals surface area contributed by atoms with Crippen LogP contribution in [0.4, 0.5) is 10.6 Å². The summed E-state index contributed by atoms with van der Waals surface area (Å²) in [5.41, 5.74) is 1.47. The van der Waals surface area contributed by atoms with E-state index in [9.17, 15) is 9.90 Å². The number of aromatic hydroxyl groups is 1. The third-order valence-corrected chi connectivity index (χ3v) is 4.81. The van der Waals surface area contributed by atoms with E-state index in [1.54, 1.807) is 17.0 Å². The number of nitrogens with zero attached hydrogens (tertiary/aromatic N) is 4. The number of phenols is 1. The second-order valence-electron chi connectivity index (χ2n) is 8.16. The number of ether oxygens (including phenoxy) is 1. The molecule has 4 rings (SSSR count). The molecule has 8 nitrogen and oxygen atoms in total. The van der Waals surface area contributed by atoms with Gasteiger partial charge in [-0.05, 0) is 45.0 Å². The second kappa shape index (κ2) is 7.27. The van der Waals surface area contributed by atoms with Crippen LogP contribution in [0.3, 0.4) is 0 Å². The van der Waals surface area contributed by atoms with E-state index in [0.717, 1.165) is 11.2 Å². The lowest BCUT2D eigenvalue weighted by molar-refractivity contribution is 0.0240. The number of fused-ring (bicyclic) bond motifs is 1. The predicted octanol–water partition coefficient (Wildman–Crippen LogP) is 3.39. The Labute approximate surface area is 169 Å². The largest absolute Gasteiger partial charge is 0.507 e. The lowest BCUT2D eigenvalue weighted by Gasteiger charge is -2.36. The molecule has 152 valence electrons. The summed E-state index contributed by atoms with van der Waals surface area (Å²) in [6, 6.07) is 11.0. The number of H-pyrrole nitrogens is 1. The first-order valence-corrected chi connectivity index (χ1v) is 9.68. The first-order chi connectivity index (χ1) is 13.8. The number of benzene rings is 1. The molecule has 3 aromatic rings. The van der Waals surface area contributed by atoms with E-state index in [-0.39, 0.29) is 11.8 Å². The number of aromatic nitrogens is 3. The molecule has 1 saturated heterocycles. The Morgan fingerprint density at radius 3 is 2.52 bits per heavy atom. The first-order valence-electron chi connectivity index (χ1n) is 9.68. The molecular weight excluding hydrogens is 370 g/mol. The van der Waals surface area contributed by atoms with E-state index in [4.69, 9.17) is 4.74 Å². The molecule has 0 atom stereocenters. The van der Waals surface area contributed by atoms with Crippen LogP contribution in [0.1, 0.15) is 20.8 Å². The van der Waals surface area contributed by atoms with Gasteiger partial charge < -0.3 is 24.6 Å². The molecule has 1 aliphatic heterocycles. The number of piperazine rings is 1. The summed E-state index contributed by atoms with van der Waals surface area (Å²) < 4.78 is 5.45. The lowest BCUT2D eigenvalue weighted by Crippen LogP contribution is -2.50. The number of hydrogen-bond donors (Lipinski definition) is 2. The van der Waals surface area contributed by atoms with Gasteiger partial charge in [0, 0.05) is 37.1 Å². The maximum Gasteiger partial charge on any atom is 0.410 e. The number of carbonyl (C=O) groups is 1. The van der Waals surface area contributed by atoms with Crippen molar-refractivity contribution in [3.8, 4) is 17.0 Å². The molecule has 1 fully saturated rings. The van der Waals surface area contributed by atoms with Crippen molar-refractivity contribution in [3.05, 3.63) is 36.4 Å². The number of carbonyl (C=O) groups excluding carboxylic acids is 1. The van der Waals surface area contributed by atoms with Gasteiger partial charge in [0.2, 0.25) is 0 Å². The highest BCUT2D eigenvalue weighted by molar-refractivity contribution is 5.84. The molecule has 8 heteroatoms. The number of anilines is 1. The van der Waals surface area contributed by atoms with Crippen LogP contribution in [0.2, 0.25) is 0 Å². The summed E-state index contributed by atoms with van der Waals surface area (Å²) in [5, 5.41) is 19.5. The molecule has 1 aromatic carbocycles. The zero-order valence-electron chi connectivity index (χ0n) is 16.8. The quantitative estimate of drug-likeness (QED) is 0.691. The SMILES string of the molecule is CC(C)(C)OC(=O)N1CCN(c2cc3cc(-c4ccccc4O)nnc3[nH]2)CC1. The van der Waals surface area contributed by atoms with Crippen LogP contribution >= 0.6 is 0 Å². The molecule has 0 radical (unpaired) electrons. The van der Waals surface area contributed by atoms with Crippen LogP contribution in [0, 0.1) is 0 Å². The van der Waals surface area contributed by atoms with Crippen LogP contribution in [-0.4, -0.2) is 63.1 Å². The highest BCUT2D eigenvalue weighted by Gasteiger charge is 2.26. The fourth-order valence-corrected chi connectivity index (χ4v) is 3.37. The zero-order valence-corrected chi connectivity index (χ0v) is 16.8. The molecule has 29 heavy (non-hydrogen) atoms. The first kappa shape index (κ1) is 19.0. The van der Waals surface area contributed by atoms with Gasteiger partial charge in [-0.15, -0.1) is 10.2 Å². The summed E-state index contributed by atoms with van der Waals surface area (Å²) in [5.74, 6) is 1.11. The van der Waals surface area contributed by atoms with E-state index in [1.165, 1.54) is 0 Å². The van der Waals surface area contributed by atoms with Gasteiger partial charge in [0.15, 0.2) is 5.65 Å². The van der Waals surface area contributed by atoms with Crippen LogP contribution in [0.25, 0.3) is 22.3 Å². The molecule has 0 spiro atoms.